The summed E-state index contributed by atoms with van der Waals surface area (Å²) in [6.07, 6.45) is 2.47. The van der Waals surface area contributed by atoms with Crippen LogP contribution in [0.25, 0.3) is 0 Å². The third kappa shape index (κ3) is 2.62. The van der Waals surface area contributed by atoms with E-state index in [4.69, 9.17) is 11.5 Å². The number of carbonyl (C=O) groups excluding carboxylic acids is 1. The quantitative estimate of drug-likeness (QED) is 0.296. The molecule has 1 saturated heterocycles. The molecule has 1 aromatic rings. The maximum Gasteiger partial charge on any atom is 0.345 e. The van der Waals surface area contributed by atoms with Gasteiger partial charge in [-0.05, 0) is 38.2 Å². The molecule has 4 aliphatic rings. The standard InChI is InChI=1S/C21H25FN4O4/c1-10-15(25-5-2-11(8-25)21(24)3-4-21)7-14(23)17-18(10)26(30,16-6-13(16)22)9-12(19(17)27)20(28)29/h7,9,11,13,16H,2-6,8,23-24H2,1H3,(H,28,29)/t11-,13-,16-,26?/m1/s1. The molecule has 2 saturated carbocycles. The molecular formula is C21H25FN4O4. The smallest absolute Gasteiger partial charge is 0.345 e. The number of hydrogen-bond acceptors (Lipinski definition) is 6. The van der Waals surface area contributed by atoms with Gasteiger partial charge in [0.15, 0.2) is 17.4 Å². The molecule has 160 valence electrons. The minimum atomic E-state index is -1.51. The van der Waals surface area contributed by atoms with Crippen molar-refractivity contribution in [3.8, 4) is 0 Å². The Kier molecular flexibility index (Phi) is 3.91. The minimum Gasteiger partial charge on any atom is -0.622 e. The molecule has 0 spiro atoms. The summed E-state index contributed by atoms with van der Waals surface area (Å²) in [5.74, 6) is -1.97. The first-order valence-electron chi connectivity index (χ1n) is 10.3. The number of quaternary nitrogens is 1. The summed E-state index contributed by atoms with van der Waals surface area (Å²) in [7, 11) is 0. The first kappa shape index (κ1) is 19.5. The Hall–Kier alpha value is -2.49. The van der Waals surface area contributed by atoms with Crippen molar-refractivity contribution in [3.63, 3.8) is 0 Å². The van der Waals surface area contributed by atoms with Crippen molar-refractivity contribution in [1.29, 1.82) is 0 Å². The van der Waals surface area contributed by atoms with Gasteiger partial charge in [0, 0.05) is 36.3 Å². The summed E-state index contributed by atoms with van der Waals surface area (Å²) >= 11 is 0. The number of aliphatic carboxylic acids is 1. The molecule has 1 aromatic carbocycles. The number of alkyl halides is 1. The minimum absolute atomic E-state index is 0.0194. The van der Waals surface area contributed by atoms with E-state index in [-0.39, 0.29) is 28.9 Å². The number of benzene rings is 1. The van der Waals surface area contributed by atoms with Gasteiger partial charge >= 0.3 is 5.97 Å². The fraction of sp³-hybridized carbons (Fsp3) is 0.524. The van der Waals surface area contributed by atoms with E-state index in [1.54, 1.807) is 13.0 Å². The van der Waals surface area contributed by atoms with E-state index in [0.717, 1.165) is 44.2 Å². The zero-order chi connectivity index (χ0) is 21.6. The summed E-state index contributed by atoms with van der Waals surface area (Å²) in [5, 5.41) is 23.3. The van der Waals surface area contributed by atoms with Gasteiger partial charge in [0.2, 0.25) is 5.78 Å². The van der Waals surface area contributed by atoms with Crippen LogP contribution in [0.4, 0.5) is 21.5 Å². The lowest BCUT2D eigenvalue weighted by atomic mass is 9.91. The van der Waals surface area contributed by atoms with Crippen molar-refractivity contribution in [2.75, 3.05) is 23.7 Å². The van der Waals surface area contributed by atoms with Crippen molar-refractivity contribution in [3.05, 3.63) is 34.2 Å². The Morgan fingerprint density at radius 1 is 1.43 bits per heavy atom. The van der Waals surface area contributed by atoms with Gasteiger partial charge in [-0.2, -0.15) is 0 Å². The van der Waals surface area contributed by atoms with Crippen molar-refractivity contribution in [2.45, 2.75) is 50.4 Å². The van der Waals surface area contributed by atoms with Crippen LogP contribution in [0.15, 0.2) is 17.8 Å². The maximum atomic E-state index is 14.0. The first-order chi connectivity index (χ1) is 14.1. The molecule has 4 atom stereocenters. The number of ketones is 1. The topological polar surface area (TPSA) is 133 Å². The van der Waals surface area contributed by atoms with Crippen molar-refractivity contribution in [2.24, 2.45) is 11.7 Å². The van der Waals surface area contributed by atoms with Gasteiger partial charge in [0.25, 0.3) is 0 Å². The zero-order valence-corrected chi connectivity index (χ0v) is 16.7. The van der Waals surface area contributed by atoms with Gasteiger partial charge in [0.05, 0.1) is 5.69 Å². The number of carbonyl (C=O) groups is 2. The fourth-order valence-corrected chi connectivity index (χ4v) is 5.19. The molecular weight excluding hydrogens is 391 g/mol. The first-order valence-corrected chi connectivity index (χ1v) is 10.3. The molecule has 2 aliphatic heterocycles. The Morgan fingerprint density at radius 2 is 2.10 bits per heavy atom. The molecule has 0 aromatic heterocycles. The second-order valence-corrected chi connectivity index (χ2v) is 9.20. The predicted molar refractivity (Wildman–Crippen MR) is 111 cm³/mol. The number of anilines is 2. The van der Waals surface area contributed by atoms with E-state index in [0.29, 0.717) is 11.5 Å². The molecule has 5 rings (SSSR count). The Morgan fingerprint density at radius 3 is 2.67 bits per heavy atom. The monoisotopic (exact) mass is 416 g/mol. The Balaban J connectivity index is 1.63. The molecule has 30 heavy (non-hydrogen) atoms. The molecule has 9 heteroatoms. The molecule has 8 nitrogen and oxygen atoms in total. The predicted octanol–water partition coefficient (Wildman–Crippen LogP) is 1.98. The van der Waals surface area contributed by atoms with Gasteiger partial charge in [-0.15, -0.1) is 0 Å². The second-order valence-electron chi connectivity index (χ2n) is 9.20. The van der Waals surface area contributed by atoms with Crippen LogP contribution >= 0.6 is 0 Å². The SMILES string of the molecule is Cc1c(N2CC[C@@H](C3(N)CC3)C2)cc(N)c2c1[N+]([O-])([C@@H]1C[C@H]1F)C=C(C(=O)O)C2=O. The maximum absolute atomic E-state index is 14.0. The summed E-state index contributed by atoms with van der Waals surface area (Å²) in [6.45, 7) is 3.21. The average Bonchev–Trinajstić information content (AvgIpc) is 3.55. The highest BCUT2D eigenvalue weighted by molar-refractivity contribution is 6.29. The third-order valence-corrected chi connectivity index (χ3v) is 7.27. The summed E-state index contributed by atoms with van der Waals surface area (Å²) in [6, 6.07) is 0.670. The number of fused-ring (bicyclic) bond motifs is 1. The lowest BCUT2D eigenvalue weighted by Crippen LogP contribution is -2.47. The van der Waals surface area contributed by atoms with Crippen LogP contribution in [-0.4, -0.2) is 47.7 Å². The van der Waals surface area contributed by atoms with E-state index in [1.807, 2.05) is 0 Å². The lowest BCUT2D eigenvalue weighted by molar-refractivity contribution is -0.132. The van der Waals surface area contributed by atoms with Gasteiger partial charge < -0.3 is 26.7 Å². The van der Waals surface area contributed by atoms with E-state index >= 15 is 0 Å². The number of Topliss-reactive ketones (excluding diaryl/α,β-unsaturated/α-hetero) is 1. The number of hydroxylamine groups is 2. The fourth-order valence-electron chi connectivity index (χ4n) is 5.19. The average molecular weight is 416 g/mol. The molecule has 5 N–H and O–H groups in total. The molecule has 0 radical (unpaired) electrons. The molecule has 2 aliphatic carbocycles. The van der Waals surface area contributed by atoms with E-state index in [1.165, 1.54) is 0 Å². The number of rotatable bonds is 4. The normalized spacial score (nSPS) is 33.9. The van der Waals surface area contributed by atoms with Crippen molar-refractivity contribution in [1.82, 2.24) is 4.65 Å². The van der Waals surface area contributed by atoms with Crippen molar-refractivity contribution >= 4 is 28.8 Å². The van der Waals surface area contributed by atoms with E-state index in [9.17, 15) is 24.3 Å². The van der Waals surface area contributed by atoms with Crippen molar-refractivity contribution < 1.29 is 19.1 Å². The van der Waals surface area contributed by atoms with E-state index < -0.39 is 34.2 Å². The second kappa shape index (κ2) is 6.03. The van der Waals surface area contributed by atoms with Crippen LogP contribution in [0, 0.1) is 18.0 Å². The van der Waals surface area contributed by atoms with Crippen LogP contribution in [0.1, 0.15) is 41.6 Å². The Labute approximate surface area is 173 Å². The summed E-state index contributed by atoms with van der Waals surface area (Å²) < 4.78 is 12.7. The van der Waals surface area contributed by atoms with E-state index in [2.05, 4.69) is 4.90 Å². The van der Waals surface area contributed by atoms with Gasteiger partial charge in [-0.3, -0.25) is 9.44 Å². The third-order valence-electron chi connectivity index (χ3n) is 7.27. The lowest BCUT2D eigenvalue weighted by Gasteiger charge is -2.44. The number of nitrogens with two attached hydrogens (primary N) is 2. The molecule has 3 fully saturated rings. The highest BCUT2D eigenvalue weighted by Crippen LogP contribution is 2.52. The van der Waals surface area contributed by atoms with Gasteiger partial charge in [-0.1, -0.05) is 0 Å². The summed E-state index contributed by atoms with van der Waals surface area (Å²) in [5.41, 5.74) is 13.1. The van der Waals surface area contributed by atoms with Crippen LogP contribution in [0.5, 0.6) is 0 Å². The van der Waals surface area contributed by atoms with Crippen LogP contribution in [-0.2, 0) is 4.79 Å². The van der Waals surface area contributed by atoms with Gasteiger partial charge in [0.1, 0.15) is 17.8 Å². The number of halogens is 1. The summed E-state index contributed by atoms with van der Waals surface area (Å²) in [4.78, 5) is 26.6. The van der Waals surface area contributed by atoms with Crippen LogP contribution in [0.2, 0.25) is 0 Å². The number of nitrogen functional groups attached to an aromatic ring is 1. The zero-order valence-electron chi connectivity index (χ0n) is 16.7. The molecule has 2 heterocycles. The Bertz CT molecular complexity index is 1020. The number of carboxylic acid groups (broad SMARTS) is 1. The number of hydrogen-bond donors (Lipinski definition) is 3. The van der Waals surface area contributed by atoms with Gasteiger partial charge in [-0.25, -0.2) is 9.18 Å². The molecule has 0 amide bonds. The molecule has 0 bridgehead atoms. The largest absolute Gasteiger partial charge is 0.622 e. The van der Waals surface area contributed by atoms with Crippen LogP contribution < -0.4 is 21.0 Å². The number of carboxylic acids is 1. The highest BCUT2D eigenvalue weighted by atomic mass is 19.1. The van der Waals surface area contributed by atoms with Crippen LogP contribution in [0.3, 0.4) is 0 Å². The highest BCUT2D eigenvalue weighted by Gasteiger charge is 2.56. The molecule has 1 unspecified atom stereocenters. The number of nitrogens with zero attached hydrogens (tertiary/aromatic N) is 2.